The van der Waals surface area contributed by atoms with E-state index in [2.05, 4.69) is 12.2 Å². The molecule has 1 rings (SSSR count). The average Bonchev–Trinajstić information content (AvgIpc) is 2.38. The zero-order chi connectivity index (χ0) is 15.0. The fourth-order valence-corrected chi connectivity index (χ4v) is 1.71. The maximum atomic E-state index is 13.7. The fraction of sp³-hybridized carbons (Fsp3) is 0.600. The zero-order valence-corrected chi connectivity index (χ0v) is 12.5. The molecule has 0 aliphatic rings. The standard InChI is InChI=1S/C15H25FN2O2/c1-4-7-19-8-5-6-18-14-10-15(20-11(2)3)12(16)9-13(14)17/h9-11,18H,4-8,17H2,1-3H3. The van der Waals surface area contributed by atoms with Gasteiger partial charge in [0.15, 0.2) is 11.6 Å². The Morgan fingerprint density at radius 1 is 1.30 bits per heavy atom. The molecule has 1 aromatic rings. The molecule has 0 unspecified atom stereocenters. The Bertz CT molecular complexity index is 411. The average molecular weight is 284 g/mol. The molecule has 0 aliphatic carbocycles. The van der Waals surface area contributed by atoms with E-state index in [0.717, 1.165) is 26.0 Å². The van der Waals surface area contributed by atoms with Crippen molar-refractivity contribution >= 4 is 11.4 Å². The normalized spacial score (nSPS) is 10.8. The second kappa shape index (κ2) is 8.64. The number of anilines is 2. The molecule has 0 amide bonds. The quantitative estimate of drug-likeness (QED) is 0.539. The van der Waals surface area contributed by atoms with Crippen molar-refractivity contribution < 1.29 is 13.9 Å². The number of halogens is 1. The van der Waals surface area contributed by atoms with E-state index >= 15 is 0 Å². The Kier molecular flexibility index (Phi) is 7.15. The van der Waals surface area contributed by atoms with Gasteiger partial charge < -0.3 is 20.5 Å². The first-order chi connectivity index (χ1) is 9.54. The first kappa shape index (κ1) is 16.6. The number of benzene rings is 1. The van der Waals surface area contributed by atoms with Crippen LogP contribution in [0.5, 0.6) is 5.75 Å². The lowest BCUT2D eigenvalue weighted by Crippen LogP contribution is -2.10. The number of rotatable bonds is 9. The topological polar surface area (TPSA) is 56.5 Å². The van der Waals surface area contributed by atoms with Gasteiger partial charge in [0.1, 0.15) is 0 Å². The summed E-state index contributed by atoms with van der Waals surface area (Å²) in [6, 6.07) is 2.89. The summed E-state index contributed by atoms with van der Waals surface area (Å²) in [6.45, 7) is 8.00. The third-order valence-electron chi connectivity index (χ3n) is 2.60. The van der Waals surface area contributed by atoms with Crippen LogP contribution < -0.4 is 15.8 Å². The van der Waals surface area contributed by atoms with Gasteiger partial charge in [-0.25, -0.2) is 4.39 Å². The Morgan fingerprint density at radius 2 is 2.05 bits per heavy atom. The van der Waals surface area contributed by atoms with Crippen molar-refractivity contribution in [2.45, 2.75) is 39.7 Å². The minimum absolute atomic E-state index is 0.0802. The SMILES string of the molecule is CCCOCCCNc1cc(OC(C)C)c(F)cc1N. The van der Waals surface area contributed by atoms with Crippen molar-refractivity contribution in [3.8, 4) is 5.75 Å². The van der Waals surface area contributed by atoms with E-state index < -0.39 is 5.82 Å². The lowest BCUT2D eigenvalue weighted by atomic mass is 10.2. The van der Waals surface area contributed by atoms with Gasteiger partial charge in [0, 0.05) is 31.9 Å². The predicted octanol–water partition coefficient (Wildman–Crippen LogP) is 3.42. The van der Waals surface area contributed by atoms with Crippen LogP contribution in [0.3, 0.4) is 0 Å². The van der Waals surface area contributed by atoms with Gasteiger partial charge >= 0.3 is 0 Å². The zero-order valence-electron chi connectivity index (χ0n) is 12.5. The predicted molar refractivity (Wildman–Crippen MR) is 80.8 cm³/mol. The van der Waals surface area contributed by atoms with Crippen molar-refractivity contribution in [2.24, 2.45) is 0 Å². The van der Waals surface area contributed by atoms with E-state index in [0.29, 0.717) is 18.0 Å². The molecule has 0 spiro atoms. The summed E-state index contributed by atoms with van der Waals surface area (Å²) >= 11 is 0. The second-order valence-corrected chi connectivity index (χ2v) is 4.93. The van der Waals surface area contributed by atoms with E-state index in [1.165, 1.54) is 6.07 Å². The van der Waals surface area contributed by atoms with Crippen molar-refractivity contribution in [3.63, 3.8) is 0 Å². The number of nitrogen functional groups attached to an aromatic ring is 1. The Morgan fingerprint density at radius 3 is 2.70 bits per heavy atom. The van der Waals surface area contributed by atoms with Gasteiger partial charge in [-0.3, -0.25) is 0 Å². The van der Waals surface area contributed by atoms with Crippen LogP contribution >= 0.6 is 0 Å². The highest BCUT2D eigenvalue weighted by molar-refractivity contribution is 5.68. The van der Waals surface area contributed by atoms with Crippen LogP contribution in [0.2, 0.25) is 0 Å². The lowest BCUT2D eigenvalue weighted by Gasteiger charge is -2.15. The summed E-state index contributed by atoms with van der Waals surface area (Å²) in [4.78, 5) is 0. The molecular weight excluding hydrogens is 259 g/mol. The molecule has 0 heterocycles. The highest BCUT2D eigenvalue weighted by atomic mass is 19.1. The van der Waals surface area contributed by atoms with Crippen LogP contribution in [0.1, 0.15) is 33.6 Å². The molecule has 0 aliphatic heterocycles. The molecular formula is C15H25FN2O2. The number of hydrogen-bond acceptors (Lipinski definition) is 4. The highest BCUT2D eigenvalue weighted by Crippen LogP contribution is 2.28. The monoisotopic (exact) mass is 284 g/mol. The maximum Gasteiger partial charge on any atom is 0.167 e. The molecule has 0 atom stereocenters. The maximum absolute atomic E-state index is 13.7. The molecule has 20 heavy (non-hydrogen) atoms. The highest BCUT2D eigenvalue weighted by Gasteiger charge is 2.10. The van der Waals surface area contributed by atoms with Crippen molar-refractivity contribution in [3.05, 3.63) is 17.9 Å². The summed E-state index contributed by atoms with van der Waals surface area (Å²) < 4.78 is 24.5. The van der Waals surface area contributed by atoms with Gasteiger partial charge in [-0.2, -0.15) is 0 Å². The van der Waals surface area contributed by atoms with E-state index in [1.807, 2.05) is 13.8 Å². The second-order valence-electron chi connectivity index (χ2n) is 4.93. The summed E-state index contributed by atoms with van der Waals surface area (Å²) in [7, 11) is 0. The van der Waals surface area contributed by atoms with Gasteiger partial charge in [-0.15, -0.1) is 0 Å². The van der Waals surface area contributed by atoms with Crippen molar-refractivity contribution in [2.75, 3.05) is 30.8 Å². The minimum atomic E-state index is -0.437. The molecule has 4 nitrogen and oxygen atoms in total. The van der Waals surface area contributed by atoms with Crippen LogP contribution in [-0.2, 0) is 4.74 Å². The molecule has 5 heteroatoms. The smallest absolute Gasteiger partial charge is 0.167 e. The largest absolute Gasteiger partial charge is 0.488 e. The van der Waals surface area contributed by atoms with E-state index in [1.54, 1.807) is 6.07 Å². The first-order valence-electron chi connectivity index (χ1n) is 7.11. The molecule has 1 aromatic carbocycles. The summed E-state index contributed by atoms with van der Waals surface area (Å²) in [5.41, 5.74) is 6.87. The van der Waals surface area contributed by atoms with Crippen LogP contribution in [0.4, 0.5) is 15.8 Å². The van der Waals surface area contributed by atoms with E-state index in [4.69, 9.17) is 15.2 Å². The number of ether oxygens (including phenoxy) is 2. The summed E-state index contributed by atoms with van der Waals surface area (Å²) in [5.74, 6) is -0.216. The molecule has 114 valence electrons. The number of nitrogens with one attached hydrogen (secondary N) is 1. The van der Waals surface area contributed by atoms with Crippen LogP contribution in [0.25, 0.3) is 0 Å². The fourth-order valence-electron chi connectivity index (χ4n) is 1.71. The molecule has 0 bridgehead atoms. The third-order valence-corrected chi connectivity index (χ3v) is 2.60. The van der Waals surface area contributed by atoms with Crippen molar-refractivity contribution in [1.29, 1.82) is 0 Å². The Labute approximate surface area is 120 Å². The van der Waals surface area contributed by atoms with E-state index in [9.17, 15) is 4.39 Å². The lowest BCUT2D eigenvalue weighted by molar-refractivity contribution is 0.134. The van der Waals surface area contributed by atoms with Gasteiger partial charge in [0.05, 0.1) is 17.5 Å². The third kappa shape index (κ3) is 5.65. The molecule has 0 saturated heterocycles. The number of nitrogens with two attached hydrogens (primary N) is 1. The van der Waals surface area contributed by atoms with Gasteiger partial charge in [-0.05, 0) is 26.7 Å². The van der Waals surface area contributed by atoms with Crippen LogP contribution in [0.15, 0.2) is 12.1 Å². The molecule has 0 radical (unpaired) electrons. The minimum Gasteiger partial charge on any atom is -0.488 e. The van der Waals surface area contributed by atoms with Crippen LogP contribution in [-0.4, -0.2) is 25.9 Å². The van der Waals surface area contributed by atoms with E-state index in [-0.39, 0.29) is 11.9 Å². The Hall–Kier alpha value is -1.49. The van der Waals surface area contributed by atoms with Gasteiger partial charge in [0.25, 0.3) is 0 Å². The van der Waals surface area contributed by atoms with Gasteiger partial charge in [-0.1, -0.05) is 6.92 Å². The summed E-state index contributed by atoms with van der Waals surface area (Å²) in [6.07, 6.45) is 1.81. The molecule has 3 N–H and O–H groups in total. The van der Waals surface area contributed by atoms with Crippen LogP contribution in [0, 0.1) is 5.82 Å². The van der Waals surface area contributed by atoms with Gasteiger partial charge in [0.2, 0.25) is 0 Å². The Balaban J connectivity index is 2.52. The molecule has 0 saturated carbocycles. The molecule has 0 aromatic heterocycles. The number of hydrogen-bond donors (Lipinski definition) is 2. The first-order valence-corrected chi connectivity index (χ1v) is 7.11. The van der Waals surface area contributed by atoms with Crippen molar-refractivity contribution in [1.82, 2.24) is 0 Å². The summed E-state index contributed by atoms with van der Waals surface area (Å²) in [5, 5.41) is 3.18. The molecule has 0 fully saturated rings.